The fraction of sp³-hybridized carbons (Fsp3) is 0.188. The molecule has 0 aliphatic carbocycles. The van der Waals surface area contributed by atoms with Crippen molar-refractivity contribution in [3.8, 4) is 11.4 Å². The second kappa shape index (κ2) is 6.79. The minimum absolute atomic E-state index is 0.270. The zero-order chi connectivity index (χ0) is 18.1. The Morgan fingerprint density at radius 2 is 1.81 bits per heavy atom. The first kappa shape index (κ1) is 16.6. The van der Waals surface area contributed by atoms with Crippen LogP contribution in [0, 0.1) is 0 Å². The zero-order valence-electron chi connectivity index (χ0n) is 13.6. The number of benzene rings is 1. The van der Waals surface area contributed by atoms with Crippen LogP contribution in [0.5, 0.6) is 0 Å². The first-order valence-corrected chi connectivity index (χ1v) is 8.66. The molecule has 10 heteroatoms. The Bertz CT molecular complexity index is 1050. The lowest BCUT2D eigenvalue weighted by Crippen LogP contribution is -2.02. The molecule has 26 heavy (non-hydrogen) atoms. The summed E-state index contributed by atoms with van der Waals surface area (Å²) in [4.78, 5) is 0. The topological polar surface area (TPSA) is 73.8 Å². The van der Waals surface area contributed by atoms with Gasteiger partial charge in [0.2, 0.25) is 5.82 Å². The summed E-state index contributed by atoms with van der Waals surface area (Å²) in [7, 11) is 0. The van der Waals surface area contributed by atoms with E-state index in [1.807, 2.05) is 41.8 Å². The molecule has 3 heterocycles. The normalized spacial score (nSPS) is 11.5. The van der Waals surface area contributed by atoms with Crippen molar-refractivity contribution >= 4 is 17.4 Å². The van der Waals surface area contributed by atoms with Gasteiger partial charge in [-0.25, -0.2) is 8.78 Å². The van der Waals surface area contributed by atoms with Gasteiger partial charge >= 0.3 is 0 Å². The van der Waals surface area contributed by atoms with E-state index in [4.69, 9.17) is 0 Å². The summed E-state index contributed by atoms with van der Waals surface area (Å²) in [6.07, 6.45) is -2.75. The molecular formula is C16H13F2N7S. The molecule has 7 nitrogen and oxygen atoms in total. The highest BCUT2D eigenvalue weighted by molar-refractivity contribution is 7.99. The van der Waals surface area contributed by atoms with Crippen LogP contribution in [-0.4, -0.2) is 34.6 Å². The van der Waals surface area contributed by atoms with Gasteiger partial charge < -0.3 is 4.57 Å². The third-order valence-electron chi connectivity index (χ3n) is 3.72. The highest BCUT2D eigenvalue weighted by atomic mass is 32.2. The van der Waals surface area contributed by atoms with E-state index in [0.717, 1.165) is 15.9 Å². The van der Waals surface area contributed by atoms with Crippen LogP contribution in [0.25, 0.3) is 17.0 Å². The molecule has 3 aromatic heterocycles. The van der Waals surface area contributed by atoms with Crippen molar-refractivity contribution in [1.82, 2.24) is 34.6 Å². The fourth-order valence-electron chi connectivity index (χ4n) is 2.52. The molecule has 0 atom stereocenters. The van der Waals surface area contributed by atoms with Gasteiger partial charge in [-0.3, -0.25) is 0 Å². The number of hydrogen-bond acceptors (Lipinski definition) is 6. The summed E-state index contributed by atoms with van der Waals surface area (Å²) < 4.78 is 29.0. The zero-order valence-corrected chi connectivity index (χ0v) is 14.4. The van der Waals surface area contributed by atoms with Crippen LogP contribution in [-0.2, 0) is 6.54 Å². The second-order valence-corrected chi connectivity index (χ2v) is 6.31. The molecule has 4 aromatic rings. The Labute approximate surface area is 151 Å². The van der Waals surface area contributed by atoms with Crippen molar-refractivity contribution in [2.24, 2.45) is 0 Å². The van der Waals surface area contributed by atoms with Gasteiger partial charge in [-0.15, -0.1) is 20.4 Å². The highest BCUT2D eigenvalue weighted by Gasteiger charge is 2.19. The monoisotopic (exact) mass is 373 g/mol. The summed E-state index contributed by atoms with van der Waals surface area (Å²) in [5, 5.41) is 21.0. The Hall–Kier alpha value is -2.88. The summed E-state index contributed by atoms with van der Waals surface area (Å²) in [6, 6.07) is 13.0. The van der Waals surface area contributed by atoms with E-state index in [1.165, 1.54) is 11.8 Å². The van der Waals surface area contributed by atoms with Crippen LogP contribution in [0.3, 0.4) is 0 Å². The minimum Gasteiger partial charge on any atom is -0.302 e. The Kier molecular flexibility index (Phi) is 4.33. The van der Waals surface area contributed by atoms with Gasteiger partial charge in [0.15, 0.2) is 16.6 Å². The van der Waals surface area contributed by atoms with Crippen molar-refractivity contribution in [3.63, 3.8) is 0 Å². The smallest absolute Gasteiger partial charge is 0.299 e. The quantitative estimate of drug-likeness (QED) is 0.533. The number of halogens is 2. The summed E-state index contributed by atoms with van der Waals surface area (Å²) >= 11 is 1.25. The predicted octanol–water partition coefficient (Wildman–Crippen LogP) is 3.49. The van der Waals surface area contributed by atoms with Crippen LogP contribution >= 0.6 is 11.8 Å². The number of aromatic nitrogens is 7. The van der Waals surface area contributed by atoms with Gasteiger partial charge in [-0.05, 0) is 30.8 Å². The maximum absolute atomic E-state index is 13.0. The third kappa shape index (κ3) is 2.92. The molecule has 0 aliphatic heterocycles. The van der Waals surface area contributed by atoms with Gasteiger partial charge in [-0.2, -0.15) is 9.61 Å². The average molecular weight is 373 g/mol. The summed E-state index contributed by atoms with van der Waals surface area (Å²) in [6.45, 7) is 2.65. The molecular weight excluding hydrogens is 360 g/mol. The van der Waals surface area contributed by atoms with Crippen LogP contribution in [0.1, 0.15) is 19.2 Å². The molecule has 0 amide bonds. The first-order valence-electron chi connectivity index (χ1n) is 7.84. The van der Waals surface area contributed by atoms with Crippen LogP contribution in [0.2, 0.25) is 0 Å². The Balaban J connectivity index is 1.70. The predicted molar refractivity (Wildman–Crippen MR) is 91.0 cm³/mol. The Morgan fingerprint density at radius 1 is 1.00 bits per heavy atom. The van der Waals surface area contributed by atoms with Crippen LogP contribution < -0.4 is 0 Å². The maximum Gasteiger partial charge on any atom is 0.299 e. The van der Waals surface area contributed by atoms with Crippen molar-refractivity contribution < 1.29 is 8.78 Å². The van der Waals surface area contributed by atoms with Gasteiger partial charge in [0, 0.05) is 12.1 Å². The molecule has 0 unspecified atom stereocenters. The molecule has 0 saturated heterocycles. The lowest BCUT2D eigenvalue weighted by atomic mass is 10.2. The number of hydrogen-bond donors (Lipinski definition) is 0. The van der Waals surface area contributed by atoms with Crippen molar-refractivity contribution in [1.29, 1.82) is 0 Å². The number of alkyl halides is 2. The van der Waals surface area contributed by atoms with Crippen molar-refractivity contribution in [2.45, 2.75) is 30.1 Å². The highest BCUT2D eigenvalue weighted by Crippen LogP contribution is 2.29. The van der Waals surface area contributed by atoms with Gasteiger partial charge in [-0.1, -0.05) is 30.3 Å². The molecule has 0 bridgehead atoms. The first-order chi connectivity index (χ1) is 12.7. The van der Waals surface area contributed by atoms with Gasteiger partial charge in [0.1, 0.15) is 5.03 Å². The summed E-state index contributed by atoms with van der Waals surface area (Å²) in [5.41, 5.74) is 1.22. The number of nitrogens with zero attached hydrogens (tertiary/aromatic N) is 7. The largest absolute Gasteiger partial charge is 0.302 e. The molecule has 0 spiro atoms. The molecule has 4 rings (SSSR count). The summed E-state index contributed by atoms with van der Waals surface area (Å²) in [5.74, 6) is 0.263. The van der Waals surface area contributed by atoms with Crippen molar-refractivity contribution in [3.05, 3.63) is 48.3 Å². The van der Waals surface area contributed by atoms with E-state index >= 15 is 0 Å². The lowest BCUT2D eigenvalue weighted by Gasteiger charge is -2.07. The fourth-order valence-corrected chi connectivity index (χ4v) is 3.38. The maximum atomic E-state index is 13.0. The molecule has 132 valence electrons. The molecule has 0 saturated carbocycles. The van der Waals surface area contributed by atoms with Crippen LogP contribution in [0.15, 0.2) is 52.6 Å². The molecule has 0 radical (unpaired) electrons. The van der Waals surface area contributed by atoms with Crippen LogP contribution in [0.4, 0.5) is 8.78 Å². The Morgan fingerprint density at radius 3 is 2.54 bits per heavy atom. The van der Waals surface area contributed by atoms with Crippen molar-refractivity contribution in [2.75, 3.05) is 0 Å². The minimum atomic E-state index is -2.75. The standard InChI is InChI=1S/C16H13F2N7S/c1-2-24-14(10-6-4-3-5-7-10)20-22-16(24)26-12-9-8-11-19-21-15(13(17)18)25(11)23-12/h3-9,13H,2H2,1H3. The van der Waals surface area contributed by atoms with Gasteiger partial charge in [0.25, 0.3) is 6.43 Å². The molecule has 0 aliphatic rings. The van der Waals surface area contributed by atoms with E-state index in [2.05, 4.69) is 25.5 Å². The average Bonchev–Trinajstić information content (AvgIpc) is 3.26. The SMILES string of the molecule is CCn1c(Sc2ccc3nnc(C(F)F)n3n2)nnc1-c1ccccc1. The van der Waals surface area contributed by atoms with Gasteiger partial charge in [0.05, 0.1) is 0 Å². The van der Waals surface area contributed by atoms with E-state index in [1.54, 1.807) is 12.1 Å². The lowest BCUT2D eigenvalue weighted by molar-refractivity contribution is 0.137. The second-order valence-electron chi connectivity index (χ2n) is 5.32. The van der Waals surface area contributed by atoms with E-state index in [-0.39, 0.29) is 5.65 Å². The molecule has 0 fully saturated rings. The van der Waals surface area contributed by atoms with E-state index in [9.17, 15) is 8.78 Å². The molecule has 1 aromatic carbocycles. The molecule has 0 N–H and O–H groups in total. The van der Waals surface area contributed by atoms with E-state index < -0.39 is 12.2 Å². The van der Waals surface area contributed by atoms with E-state index in [0.29, 0.717) is 16.7 Å². The third-order valence-corrected chi connectivity index (χ3v) is 4.63. The number of rotatable bonds is 5. The number of fused-ring (bicyclic) bond motifs is 1.